The van der Waals surface area contributed by atoms with Gasteiger partial charge in [0.1, 0.15) is 0 Å². The lowest BCUT2D eigenvalue weighted by Gasteiger charge is -2.25. The SMILES string of the molecule is CCC(N)Cc1cnc(N(CC)CC(CC)CC)nc1. The van der Waals surface area contributed by atoms with Crippen molar-refractivity contribution in [3.8, 4) is 0 Å². The molecule has 0 fully saturated rings. The lowest BCUT2D eigenvalue weighted by atomic mass is 10.0. The molecule has 1 unspecified atom stereocenters. The van der Waals surface area contributed by atoms with Crippen molar-refractivity contribution in [2.75, 3.05) is 18.0 Å². The minimum atomic E-state index is 0.205. The smallest absolute Gasteiger partial charge is 0.225 e. The zero-order valence-corrected chi connectivity index (χ0v) is 13.5. The first-order valence-electron chi connectivity index (χ1n) is 7.95. The van der Waals surface area contributed by atoms with E-state index in [1.165, 1.54) is 12.8 Å². The molecule has 0 spiro atoms. The molecule has 0 bridgehead atoms. The number of nitrogens with two attached hydrogens (primary N) is 1. The van der Waals surface area contributed by atoms with Crippen molar-refractivity contribution in [3.05, 3.63) is 18.0 Å². The molecule has 0 amide bonds. The molecule has 1 aromatic heterocycles. The summed E-state index contributed by atoms with van der Waals surface area (Å²) < 4.78 is 0. The van der Waals surface area contributed by atoms with E-state index in [0.717, 1.165) is 37.4 Å². The monoisotopic (exact) mass is 278 g/mol. The number of rotatable bonds is 9. The van der Waals surface area contributed by atoms with E-state index in [1.54, 1.807) is 0 Å². The topological polar surface area (TPSA) is 55.0 Å². The van der Waals surface area contributed by atoms with Crippen molar-refractivity contribution >= 4 is 5.95 Å². The van der Waals surface area contributed by atoms with E-state index >= 15 is 0 Å². The van der Waals surface area contributed by atoms with Crippen LogP contribution in [0.3, 0.4) is 0 Å². The number of hydrogen-bond donors (Lipinski definition) is 1. The normalized spacial score (nSPS) is 12.7. The summed E-state index contributed by atoms with van der Waals surface area (Å²) in [5.74, 6) is 1.56. The molecule has 20 heavy (non-hydrogen) atoms. The average Bonchev–Trinajstić information content (AvgIpc) is 2.49. The maximum atomic E-state index is 5.96. The van der Waals surface area contributed by atoms with Gasteiger partial charge in [-0.05, 0) is 31.2 Å². The van der Waals surface area contributed by atoms with Gasteiger partial charge < -0.3 is 10.6 Å². The summed E-state index contributed by atoms with van der Waals surface area (Å²) in [7, 11) is 0. The van der Waals surface area contributed by atoms with E-state index in [4.69, 9.17) is 5.73 Å². The van der Waals surface area contributed by atoms with E-state index in [2.05, 4.69) is 42.6 Å². The van der Waals surface area contributed by atoms with Crippen LogP contribution < -0.4 is 10.6 Å². The zero-order chi connectivity index (χ0) is 15.0. The minimum absolute atomic E-state index is 0.205. The molecular formula is C16H30N4. The molecule has 0 aliphatic heterocycles. The fourth-order valence-corrected chi connectivity index (χ4v) is 2.27. The standard InChI is InChI=1S/C16H30N4/c1-5-13(6-2)12-20(8-4)16-18-10-14(11-19-16)9-15(17)7-3/h10-11,13,15H,5-9,12,17H2,1-4H3. The Labute approximate surface area is 123 Å². The second kappa shape index (κ2) is 8.90. The molecule has 0 saturated heterocycles. The van der Waals surface area contributed by atoms with Crippen molar-refractivity contribution in [1.29, 1.82) is 0 Å². The van der Waals surface area contributed by atoms with E-state index in [1.807, 2.05) is 12.4 Å². The molecule has 0 aromatic carbocycles. The van der Waals surface area contributed by atoms with Gasteiger partial charge in [0.15, 0.2) is 0 Å². The van der Waals surface area contributed by atoms with E-state index in [0.29, 0.717) is 5.92 Å². The van der Waals surface area contributed by atoms with Crippen LogP contribution in [0.4, 0.5) is 5.95 Å². The Morgan fingerprint density at radius 3 is 2.10 bits per heavy atom. The Bertz CT molecular complexity index is 359. The third-order valence-electron chi connectivity index (χ3n) is 4.01. The van der Waals surface area contributed by atoms with Crippen LogP contribution in [0.1, 0.15) is 52.5 Å². The molecule has 1 aromatic rings. The molecule has 4 heteroatoms. The second-order valence-electron chi connectivity index (χ2n) is 5.48. The van der Waals surface area contributed by atoms with Gasteiger partial charge in [0, 0.05) is 31.5 Å². The molecule has 0 aliphatic rings. The Kier molecular flexibility index (Phi) is 7.52. The molecule has 0 radical (unpaired) electrons. The number of nitrogens with zero attached hydrogens (tertiary/aromatic N) is 3. The van der Waals surface area contributed by atoms with Gasteiger partial charge in [-0.2, -0.15) is 0 Å². The molecule has 114 valence electrons. The maximum Gasteiger partial charge on any atom is 0.225 e. The third kappa shape index (κ3) is 5.08. The molecule has 0 saturated carbocycles. The number of hydrogen-bond acceptors (Lipinski definition) is 4. The molecule has 2 N–H and O–H groups in total. The van der Waals surface area contributed by atoms with Crippen molar-refractivity contribution < 1.29 is 0 Å². The summed E-state index contributed by atoms with van der Waals surface area (Å²) in [5.41, 5.74) is 7.09. The first-order chi connectivity index (χ1) is 9.64. The van der Waals surface area contributed by atoms with Crippen LogP contribution in [0.25, 0.3) is 0 Å². The highest BCUT2D eigenvalue weighted by molar-refractivity contribution is 5.29. The summed E-state index contributed by atoms with van der Waals surface area (Å²) in [4.78, 5) is 11.3. The molecule has 1 atom stereocenters. The van der Waals surface area contributed by atoms with Crippen LogP contribution in [0.5, 0.6) is 0 Å². The summed E-state index contributed by atoms with van der Waals surface area (Å²) in [5, 5.41) is 0. The fraction of sp³-hybridized carbons (Fsp3) is 0.750. The molecule has 0 aliphatic carbocycles. The quantitative estimate of drug-likeness (QED) is 0.754. The fourth-order valence-electron chi connectivity index (χ4n) is 2.27. The van der Waals surface area contributed by atoms with Gasteiger partial charge in [-0.15, -0.1) is 0 Å². The van der Waals surface area contributed by atoms with Crippen LogP contribution >= 0.6 is 0 Å². The van der Waals surface area contributed by atoms with Gasteiger partial charge in [0.2, 0.25) is 5.95 Å². The minimum Gasteiger partial charge on any atom is -0.341 e. The van der Waals surface area contributed by atoms with Gasteiger partial charge >= 0.3 is 0 Å². The Morgan fingerprint density at radius 1 is 1.05 bits per heavy atom. The van der Waals surface area contributed by atoms with Gasteiger partial charge in [-0.25, -0.2) is 9.97 Å². The van der Waals surface area contributed by atoms with Crippen LogP contribution in [0.2, 0.25) is 0 Å². The van der Waals surface area contributed by atoms with E-state index in [-0.39, 0.29) is 6.04 Å². The molecule has 1 rings (SSSR count). The van der Waals surface area contributed by atoms with Gasteiger partial charge in [-0.1, -0.05) is 33.6 Å². The first-order valence-corrected chi connectivity index (χ1v) is 7.95. The Hall–Kier alpha value is -1.16. The van der Waals surface area contributed by atoms with Crippen molar-refractivity contribution in [1.82, 2.24) is 9.97 Å². The first kappa shape index (κ1) is 16.9. The third-order valence-corrected chi connectivity index (χ3v) is 4.01. The largest absolute Gasteiger partial charge is 0.341 e. The van der Waals surface area contributed by atoms with Gasteiger partial charge in [0.25, 0.3) is 0 Å². The summed E-state index contributed by atoms with van der Waals surface area (Å²) in [6.45, 7) is 10.7. The molecular weight excluding hydrogens is 248 g/mol. The van der Waals surface area contributed by atoms with Crippen molar-refractivity contribution in [2.24, 2.45) is 11.7 Å². The van der Waals surface area contributed by atoms with Crippen LogP contribution in [0, 0.1) is 5.92 Å². The lowest BCUT2D eigenvalue weighted by Crippen LogP contribution is -2.30. The predicted molar refractivity (Wildman–Crippen MR) is 86.0 cm³/mol. The van der Waals surface area contributed by atoms with Crippen LogP contribution in [-0.2, 0) is 6.42 Å². The Balaban J connectivity index is 2.69. The molecule has 1 heterocycles. The van der Waals surface area contributed by atoms with Crippen molar-refractivity contribution in [3.63, 3.8) is 0 Å². The van der Waals surface area contributed by atoms with Gasteiger partial charge in [-0.3, -0.25) is 0 Å². The van der Waals surface area contributed by atoms with Crippen LogP contribution in [-0.4, -0.2) is 29.1 Å². The summed E-state index contributed by atoms with van der Waals surface area (Å²) in [6.07, 6.45) is 8.10. The number of anilines is 1. The average molecular weight is 278 g/mol. The van der Waals surface area contributed by atoms with E-state index in [9.17, 15) is 0 Å². The zero-order valence-electron chi connectivity index (χ0n) is 13.5. The predicted octanol–water partition coefficient (Wildman–Crippen LogP) is 3.02. The van der Waals surface area contributed by atoms with Gasteiger partial charge in [0.05, 0.1) is 0 Å². The summed E-state index contributed by atoms with van der Waals surface area (Å²) in [6, 6.07) is 0.205. The highest BCUT2D eigenvalue weighted by atomic mass is 15.2. The highest BCUT2D eigenvalue weighted by Gasteiger charge is 2.13. The Morgan fingerprint density at radius 2 is 1.65 bits per heavy atom. The highest BCUT2D eigenvalue weighted by Crippen LogP contribution is 2.15. The number of aromatic nitrogens is 2. The van der Waals surface area contributed by atoms with Crippen molar-refractivity contribution in [2.45, 2.75) is 59.4 Å². The van der Waals surface area contributed by atoms with Crippen LogP contribution in [0.15, 0.2) is 12.4 Å². The summed E-state index contributed by atoms with van der Waals surface area (Å²) >= 11 is 0. The maximum absolute atomic E-state index is 5.96. The molecule has 4 nitrogen and oxygen atoms in total. The second-order valence-corrected chi connectivity index (χ2v) is 5.48. The van der Waals surface area contributed by atoms with E-state index < -0.39 is 0 Å². The lowest BCUT2D eigenvalue weighted by molar-refractivity contribution is 0.482.